The molecule has 0 spiro atoms. The van der Waals surface area contributed by atoms with Crippen LogP contribution in [0.25, 0.3) is 11.1 Å². The maximum absolute atomic E-state index is 9.71. The molecule has 0 bridgehead atoms. The summed E-state index contributed by atoms with van der Waals surface area (Å²) in [4.78, 5) is 4.29. The van der Waals surface area contributed by atoms with Gasteiger partial charge >= 0.3 is 0 Å². The molecule has 6 heteroatoms. The molecule has 0 amide bonds. The Kier molecular flexibility index (Phi) is 7.87. The van der Waals surface area contributed by atoms with E-state index in [1.807, 2.05) is 66.3 Å². The third-order valence-electron chi connectivity index (χ3n) is 5.39. The quantitative estimate of drug-likeness (QED) is 0.289. The van der Waals surface area contributed by atoms with Crippen LogP contribution in [0, 0.1) is 18.3 Å². The summed E-state index contributed by atoms with van der Waals surface area (Å²) in [7, 11) is 1.96. The van der Waals surface area contributed by atoms with Gasteiger partial charge < -0.3 is 9.30 Å². The lowest BCUT2D eigenvalue weighted by molar-refractivity contribution is 0.0619. The monoisotopic (exact) mass is 507 g/mol. The Morgan fingerprint density at radius 1 is 1.06 bits per heavy atom. The van der Waals surface area contributed by atoms with Crippen LogP contribution in [0.2, 0.25) is 0 Å². The lowest BCUT2D eigenvalue weighted by Crippen LogP contribution is -2.11. The van der Waals surface area contributed by atoms with E-state index in [0.717, 1.165) is 38.0 Å². The van der Waals surface area contributed by atoms with Crippen LogP contribution >= 0.6 is 28.3 Å². The summed E-state index contributed by atoms with van der Waals surface area (Å²) in [5.41, 5.74) is 6.74. The Morgan fingerprint density at radius 3 is 2.50 bits per heavy atom. The number of aryl methyl sites for hydroxylation is 2. The van der Waals surface area contributed by atoms with Gasteiger partial charge in [0.15, 0.2) is 0 Å². The fourth-order valence-electron chi connectivity index (χ4n) is 3.68. The van der Waals surface area contributed by atoms with Gasteiger partial charge in [-0.3, -0.25) is 0 Å². The van der Waals surface area contributed by atoms with Crippen molar-refractivity contribution in [2.75, 3.05) is 0 Å². The molecule has 0 saturated carbocycles. The van der Waals surface area contributed by atoms with Crippen molar-refractivity contribution in [3.63, 3.8) is 0 Å². The van der Waals surface area contributed by atoms with Gasteiger partial charge in [0.25, 0.3) is 0 Å². The largest absolute Gasteiger partial charge is 0.362 e. The summed E-state index contributed by atoms with van der Waals surface area (Å²) in [5.74, 6) is 0. The standard InChI is InChI=1S/C26H22BrN3O.ClH/c1-18-7-3-5-9-22(18)23-13-19(11-12-20(23)14-28)26(25-15-29-17-30(25)2)31-16-21-8-4-6-10-24(21)27;/h3-13,15,17,26H,16H2,1-2H3;1H. The SMILES string of the molecule is Cc1ccccc1-c1cc(C(OCc2ccccc2Br)c2cncn2C)ccc1C#N.Cl. The zero-order valence-corrected chi connectivity index (χ0v) is 20.2. The maximum Gasteiger partial charge on any atom is 0.124 e. The van der Waals surface area contributed by atoms with Crippen LogP contribution in [0.3, 0.4) is 0 Å². The molecule has 0 N–H and O–H groups in total. The minimum atomic E-state index is -0.324. The summed E-state index contributed by atoms with van der Waals surface area (Å²) >= 11 is 3.60. The smallest absolute Gasteiger partial charge is 0.124 e. The molecule has 4 rings (SSSR count). The molecule has 1 heterocycles. The second-order valence-corrected chi connectivity index (χ2v) is 8.30. The number of ether oxygens (including phenoxy) is 1. The highest BCUT2D eigenvalue weighted by Crippen LogP contribution is 2.34. The number of rotatable bonds is 6. The van der Waals surface area contributed by atoms with E-state index in [9.17, 15) is 5.26 Å². The second-order valence-electron chi connectivity index (χ2n) is 7.44. The van der Waals surface area contributed by atoms with Gasteiger partial charge in [-0.15, -0.1) is 12.4 Å². The van der Waals surface area contributed by atoms with E-state index in [1.54, 1.807) is 6.33 Å². The third-order valence-corrected chi connectivity index (χ3v) is 6.16. The number of halogens is 2. The highest BCUT2D eigenvalue weighted by Gasteiger charge is 2.21. The van der Waals surface area contributed by atoms with Crippen molar-refractivity contribution in [3.8, 4) is 17.2 Å². The molecule has 1 aromatic heterocycles. The van der Waals surface area contributed by atoms with Crippen molar-refractivity contribution < 1.29 is 4.74 Å². The predicted octanol–water partition coefficient (Wildman–Crippen LogP) is 6.76. The van der Waals surface area contributed by atoms with Crippen LogP contribution < -0.4 is 0 Å². The number of hydrogen-bond acceptors (Lipinski definition) is 3. The summed E-state index contributed by atoms with van der Waals surface area (Å²) in [6, 6.07) is 24.4. The molecule has 4 aromatic rings. The van der Waals surface area contributed by atoms with Gasteiger partial charge in [-0.05, 0) is 47.4 Å². The van der Waals surface area contributed by atoms with E-state index < -0.39 is 0 Å². The normalized spacial score (nSPS) is 11.4. The van der Waals surface area contributed by atoms with Crippen molar-refractivity contribution in [2.24, 2.45) is 7.05 Å². The fourth-order valence-corrected chi connectivity index (χ4v) is 4.08. The van der Waals surface area contributed by atoms with E-state index in [4.69, 9.17) is 4.74 Å². The van der Waals surface area contributed by atoms with Crippen LogP contribution in [0.15, 0.2) is 83.7 Å². The maximum atomic E-state index is 9.71. The van der Waals surface area contributed by atoms with Gasteiger partial charge in [0, 0.05) is 17.1 Å². The molecule has 0 saturated heterocycles. The number of aromatic nitrogens is 2. The Bertz CT molecular complexity index is 1260. The highest BCUT2D eigenvalue weighted by atomic mass is 79.9. The van der Waals surface area contributed by atoms with Crippen molar-refractivity contribution in [1.29, 1.82) is 5.26 Å². The number of hydrogen-bond donors (Lipinski definition) is 0. The van der Waals surface area contributed by atoms with Crippen molar-refractivity contribution in [2.45, 2.75) is 19.6 Å². The first kappa shape index (κ1) is 23.7. The first-order valence-corrected chi connectivity index (χ1v) is 10.8. The zero-order valence-electron chi connectivity index (χ0n) is 17.8. The number of nitriles is 1. The molecule has 162 valence electrons. The lowest BCUT2D eigenvalue weighted by Gasteiger charge is -2.21. The first-order chi connectivity index (χ1) is 15.1. The number of nitrogens with zero attached hydrogens (tertiary/aromatic N) is 3. The van der Waals surface area contributed by atoms with Crippen LogP contribution in [-0.4, -0.2) is 9.55 Å². The molecule has 4 nitrogen and oxygen atoms in total. The Balaban J connectivity index is 0.00000289. The molecule has 0 aliphatic rings. The summed E-state index contributed by atoms with van der Waals surface area (Å²) < 4.78 is 9.42. The summed E-state index contributed by atoms with van der Waals surface area (Å²) in [6.07, 6.45) is 3.28. The van der Waals surface area contributed by atoms with Crippen LogP contribution in [0.1, 0.15) is 34.1 Å². The molecule has 3 aromatic carbocycles. The minimum absolute atomic E-state index is 0. The van der Waals surface area contributed by atoms with Crippen LogP contribution in [0.5, 0.6) is 0 Å². The number of benzene rings is 3. The highest BCUT2D eigenvalue weighted by molar-refractivity contribution is 9.10. The number of imidazole rings is 1. The van der Waals surface area contributed by atoms with E-state index in [2.05, 4.69) is 52.1 Å². The molecular weight excluding hydrogens is 486 g/mol. The molecule has 1 atom stereocenters. The Morgan fingerprint density at radius 2 is 1.81 bits per heavy atom. The van der Waals surface area contributed by atoms with Gasteiger partial charge in [0.1, 0.15) is 6.10 Å². The predicted molar refractivity (Wildman–Crippen MR) is 133 cm³/mol. The van der Waals surface area contributed by atoms with E-state index >= 15 is 0 Å². The minimum Gasteiger partial charge on any atom is -0.362 e. The van der Waals surface area contributed by atoms with E-state index in [-0.39, 0.29) is 18.5 Å². The average molecular weight is 509 g/mol. The Labute approximate surface area is 203 Å². The first-order valence-electron chi connectivity index (χ1n) is 9.99. The molecule has 1 unspecified atom stereocenters. The fraction of sp³-hybridized carbons (Fsp3) is 0.154. The van der Waals surface area contributed by atoms with Gasteiger partial charge in [0.2, 0.25) is 0 Å². The van der Waals surface area contributed by atoms with Crippen molar-refractivity contribution in [1.82, 2.24) is 9.55 Å². The van der Waals surface area contributed by atoms with Crippen molar-refractivity contribution in [3.05, 3.63) is 112 Å². The van der Waals surface area contributed by atoms with Gasteiger partial charge in [0.05, 0.1) is 36.5 Å². The van der Waals surface area contributed by atoms with Gasteiger partial charge in [-0.1, -0.05) is 64.5 Å². The van der Waals surface area contributed by atoms with Crippen LogP contribution in [0.4, 0.5) is 0 Å². The zero-order chi connectivity index (χ0) is 21.8. The molecule has 0 fully saturated rings. The summed E-state index contributed by atoms with van der Waals surface area (Å²) in [5, 5.41) is 9.71. The van der Waals surface area contributed by atoms with Crippen LogP contribution in [-0.2, 0) is 18.4 Å². The molecule has 0 aliphatic carbocycles. The molecule has 0 aliphatic heterocycles. The Hall–Kier alpha value is -2.91. The lowest BCUT2D eigenvalue weighted by atomic mass is 9.93. The summed E-state index contributed by atoms with van der Waals surface area (Å²) in [6.45, 7) is 2.50. The van der Waals surface area contributed by atoms with Gasteiger partial charge in [-0.25, -0.2) is 4.98 Å². The van der Waals surface area contributed by atoms with E-state index in [0.29, 0.717) is 12.2 Å². The molecular formula is C26H23BrClN3O. The molecule has 32 heavy (non-hydrogen) atoms. The van der Waals surface area contributed by atoms with E-state index in [1.165, 1.54) is 0 Å². The molecule has 0 radical (unpaired) electrons. The van der Waals surface area contributed by atoms with Crippen molar-refractivity contribution >= 4 is 28.3 Å². The topological polar surface area (TPSA) is 50.8 Å². The average Bonchev–Trinajstić information content (AvgIpc) is 3.21. The second kappa shape index (κ2) is 10.6. The van der Waals surface area contributed by atoms with Gasteiger partial charge in [-0.2, -0.15) is 5.26 Å². The third kappa shape index (κ3) is 4.94.